The van der Waals surface area contributed by atoms with E-state index in [9.17, 15) is 22.8 Å². The first-order chi connectivity index (χ1) is 16.8. The SMILES string of the molecule is CNC(=O)NCc1cc(C(F)(F)F)c2c(=O)cc(Nc3ccccc3)n(C3=CC=CCC=C3)c2n1. The molecule has 0 bridgehead atoms. The summed E-state index contributed by atoms with van der Waals surface area (Å²) >= 11 is 0. The minimum Gasteiger partial charge on any atom is -0.341 e. The van der Waals surface area contributed by atoms with E-state index in [0.717, 1.165) is 12.1 Å². The number of hydrogen-bond donors (Lipinski definition) is 3. The fourth-order valence-corrected chi connectivity index (χ4v) is 3.68. The summed E-state index contributed by atoms with van der Waals surface area (Å²) in [5.41, 5.74) is -1.01. The number of rotatable bonds is 5. The summed E-state index contributed by atoms with van der Waals surface area (Å²) in [6.07, 6.45) is 4.84. The standard InChI is InChI=1S/C25H22F3N5O2/c1-29-24(35)30-15-17-13-19(25(26,27)28)22-20(34)14-21(31-16-9-5-4-6-10-16)33(23(22)32-17)18-11-7-2-3-8-12-18/h2,4-14,31H,3,15H2,1H3,(H2,29,30,35). The van der Waals surface area contributed by atoms with Crippen molar-refractivity contribution in [2.45, 2.75) is 19.1 Å². The predicted molar refractivity (Wildman–Crippen MR) is 129 cm³/mol. The molecule has 35 heavy (non-hydrogen) atoms. The van der Waals surface area contributed by atoms with E-state index in [4.69, 9.17) is 0 Å². The number of alkyl halides is 3. The summed E-state index contributed by atoms with van der Waals surface area (Å²) in [6.45, 7) is -0.266. The van der Waals surface area contributed by atoms with Gasteiger partial charge < -0.3 is 16.0 Å². The van der Waals surface area contributed by atoms with Gasteiger partial charge in [-0.2, -0.15) is 13.2 Å². The summed E-state index contributed by atoms with van der Waals surface area (Å²) in [7, 11) is 1.39. The molecule has 180 valence electrons. The minimum absolute atomic E-state index is 0.0489. The molecule has 0 fully saturated rings. The average molecular weight is 481 g/mol. The van der Waals surface area contributed by atoms with Crippen molar-refractivity contribution in [1.29, 1.82) is 0 Å². The largest absolute Gasteiger partial charge is 0.417 e. The van der Waals surface area contributed by atoms with Crippen LogP contribution < -0.4 is 21.4 Å². The number of para-hydroxylation sites is 1. The van der Waals surface area contributed by atoms with Crippen molar-refractivity contribution in [2.75, 3.05) is 12.4 Å². The summed E-state index contributed by atoms with van der Waals surface area (Å²) < 4.78 is 43.8. The van der Waals surface area contributed by atoms with E-state index >= 15 is 0 Å². The summed E-state index contributed by atoms with van der Waals surface area (Å²) in [5, 5.41) is 7.36. The first-order valence-corrected chi connectivity index (χ1v) is 10.8. The van der Waals surface area contributed by atoms with Gasteiger partial charge in [-0.05, 0) is 36.8 Å². The van der Waals surface area contributed by atoms with Crippen LogP contribution in [0.25, 0.3) is 16.7 Å². The first-order valence-electron chi connectivity index (χ1n) is 10.8. The number of anilines is 2. The van der Waals surface area contributed by atoms with Crippen molar-refractivity contribution >= 4 is 34.3 Å². The second-order valence-electron chi connectivity index (χ2n) is 7.67. The molecule has 0 saturated carbocycles. The van der Waals surface area contributed by atoms with Crippen LogP contribution in [0.1, 0.15) is 17.7 Å². The molecule has 7 nitrogen and oxygen atoms in total. The maximum Gasteiger partial charge on any atom is 0.417 e. The zero-order chi connectivity index (χ0) is 25.0. The molecule has 2 amide bonds. The van der Waals surface area contributed by atoms with Gasteiger partial charge in [-0.3, -0.25) is 9.36 Å². The Hall–Kier alpha value is -4.34. The molecule has 4 rings (SSSR count). The summed E-state index contributed by atoms with van der Waals surface area (Å²) in [4.78, 5) is 29.1. The zero-order valence-electron chi connectivity index (χ0n) is 18.7. The third kappa shape index (κ3) is 5.26. The van der Waals surface area contributed by atoms with Crippen LogP contribution in [0.15, 0.2) is 77.6 Å². The Labute approximate surface area is 198 Å². The van der Waals surface area contributed by atoms with Crippen LogP contribution in [-0.4, -0.2) is 22.6 Å². The highest BCUT2D eigenvalue weighted by atomic mass is 19.4. The van der Waals surface area contributed by atoms with Crippen LogP contribution in [0.2, 0.25) is 0 Å². The molecule has 0 spiro atoms. The Kier molecular flexibility index (Phi) is 6.72. The van der Waals surface area contributed by atoms with Gasteiger partial charge in [0.15, 0.2) is 11.1 Å². The Balaban J connectivity index is 2.04. The molecule has 3 N–H and O–H groups in total. The Morgan fingerprint density at radius 3 is 2.63 bits per heavy atom. The third-order valence-electron chi connectivity index (χ3n) is 5.25. The van der Waals surface area contributed by atoms with Gasteiger partial charge in [0, 0.05) is 24.5 Å². The molecule has 2 aromatic heterocycles. The number of carbonyl (C=O) groups is 1. The maximum atomic E-state index is 14.1. The number of nitrogens with zero attached hydrogens (tertiary/aromatic N) is 2. The van der Waals surface area contributed by atoms with Gasteiger partial charge >= 0.3 is 12.2 Å². The lowest BCUT2D eigenvalue weighted by Gasteiger charge is -2.21. The molecule has 0 aliphatic heterocycles. The number of benzene rings is 1. The van der Waals surface area contributed by atoms with E-state index < -0.39 is 28.6 Å². The fourth-order valence-electron chi connectivity index (χ4n) is 3.68. The lowest BCUT2D eigenvalue weighted by Crippen LogP contribution is -2.32. The average Bonchev–Trinajstić information content (AvgIpc) is 3.11. The van der Waals surface area contributed by atoms with Crippen LogP contribution in [-0.2, 0) is 12.7 Å². The molecule has 2 heterocycles. The number of urea groups is 1. The van der Waals surface area contributed by atoms with E-state index in [-0.39, 0.29) is 23.7 Å². The number of halogens is 3. The molecule has 1 aliphatic rings. The van der Waals surface area contributed by atoms with Crippen molar-refractivity contribution in [3.8, 4) is 0 Å². The molecular weight excluding hydrogens is 459 g/mol. The number of allylic oxidation sites excluding steroid dienone is 6. The van der Waals surface area contributed by atoms with Gasteiger partial charge in [-0.25, -0.2) is 9.78 Å². The summed E-state index contributed by atoms with van der Waals surface area (Å²) in [5.74, 6) is 0.247. The van der Waals surface area contributed by atoms with Crippen LogP contribution in [0, 0.1) is 0 Å². The van der Waals surface area contributed by atoms with Gasteiger partial charge in [0.25, 0.3) is 0 Å². The molecule has 0 radical (unpaired) electrons. The fraction of sp³-hybridized carbons (Fsp3) is 0.160. The van der Waals surface area contributed by atoms with E-state index in [1.165, 1.54) is 11.6 Å². The number of hydrogen-bond acceptors (Lipinski definition) is 4. The van der Waals surface area contributed by atoms with Crippen molar-refractivity contribution in [2.24, 2.45) is 0 Å². The van der Waals surface area contributed by atoms with Crippen LogP contribution in [0.3, 0.4) is 0 Å². The van der Waals surface area contributed by atoms with Crippen molar-refractivity contribution in [3.63, 3.8) is 0 Å². The molecule has 0 atom stereocenters. The number of fused-ring (bicyclic) bond motifs is 1. The molecule has 1 aromatic carbocycles. The third-order valence-corrected chi connectivity index (χ3v) is 5.25. The van der Waals surface area contributed by atoms with Gasteiger partial charge in [-0.15, -0.1) is 0 Å². The number of amides is 2. The van der Waals surface area contributed by atoms with Gasteiger partial charge in [0.1, 0.15) is 5.82 Å². The van der Waals surface area contributed by atoms with E-state index in [0.29, 0.717) is 17.8 Å². The predicted octanol–water partition coefficient (Wildman–Crippen LogP) is 4.94. The van der Waals surface area contributed by atoms with Crippen LogP contribution >= 0.6 is 0 Å². The zero-order valence-corrected chi connectivity index (χ0v) is 18.7. The van der Waals surface area contributed by atoms with E-state index in [1.54, 1.807) is 42.5 Å². The first kappa shape index (κ1) is 23.8. The Bertz CT molecular complexity index is 1410. The molecule has 0 saturated heterocycles. The van der Waals surface area contributed by atoms with Crippen molar-refractivity contribution < 1.29 is 18.0 Å². The van der Waals surface area contributed by atoms with Crippen LogP contribution in [0.5, 0.6) is 0 Å². The number of aromatic nitrogens is 2. The molecule has 0 unspecified atom stereocenters. The van der Waals surface area contributed by atoms with Crippen molar-refractivity contribution in [1.82, 2.24) is 20.2 Å². The smallest absolute Gasteiger partial charge is 0.341 e. The molecule has 3 aromatic rings. The topological polar surface area (TPSA) is 88.0 Å². The molecular formula is C25H22F3N5O2. The highest BCUT2D eigenvalue weighted by molar-refractivity contribution is 5.87. The van der Waals surface area contributed by atoms with Crippen molar-refractivity contribution in [3.05, 3.63) is 94.3 Å². The number of carbonyl (C=O) groups excluding carboxylic acids is 1. The van der Waals surface area contributed by atoms with Gasteiger partial charge in [0.2, 0.25) is 0 Å². The molecule has 1 aliphatic carbocycles. The number of nitrogens with one attached hydrogen (secondary N) is 3. The highest BCUT2D eigenvalue weighted by Gasteiger charge is 2.35. The quantitative estimate of drug-likeness (QED) is 0.482. The summed E-state index contributed by atoms with van der Waals surface area (Å²) in [6, 6.07) is 10.3. The Morgan fingerprint density at radius 1 is 1.14 bits per heavy atom. The second-order valence-corrected chi connectivity index (χ2v) is 7.67. The van der Waals surface area contributed by atoms with Gasteiger partial charge in [-0.1, -0.05) is 36.4 Å². The second kappa shape index (κ2) is 9.88. The Morgan fingerprint density at radius 2 is 1.91 bits per heavy atom. The number of pyridine rings is 2. The lowest BCUT2D eigenvalue weighted by atomic mass is 10.1. The molecule has 10 heteroatoms. The normalized spacial score (nSPS) is 13.3. The van der Waals surface area contributed by atoms with Crippen LogP contribution in [0.4, 0.5) is 29.5 Å². The van der Waals surface area contributed by atoms with Gasteiger partial charge in [0.05, 0.1) is 23.2 Å². The monoisotopic (exact) mass is 481 g/mol. The highest BCUT2D eigenvalue weighted by Crippen LogP contribution is 2.35. The van der Waals surface area contributed by atoms with E-state index in [2.05, 4.69) is 20.9 Å². The maximum absolute atomic E-state index is 14.1. The minimum atomic E-state index is -4.82. The lowest BCUT2D eigenvalue weighted by molar-refractivity contribution is -0.136. The van der Waals surface area contributed by atoms with E-state index in [1.807, 2.05) is 18.2 Å².